The molecule has 4 spiro atoms. The SMILES string of the molecule is CC(C)[C@@H](C)[C@@H]1O[C@H]1[C@@]1(O)CC=C[C@@H]2C[C@H]3C4=CC(=O)[C@@]5(C[C@@H](O)[C@](O)(CO)C[C@]35C)[C@H](O)SSC[C@@H]3CCC[C@H](CO)[C@]35C(=O)N(CC53CCCC3)c3cc(O)cc(c3)CC[C@]23[C@@H]1CC[C@@]43O. The Hall–Kier alpha value is -1.98. The minimum atomic E-state index is -1.99. The van der Waals surface area contributed by atoms with Crippen LogP contribution in [0.4, 0.5) is 5.69 Å². The Bertz CT molecular complexity index is 2290. The van der Waals surface area contributed by atoms with E-state index in [0.29, 0.717) is 61.6 Å². The first-order valence-electron chi connectivity index (χ1n) is 26.0. The van der Waals surface area contributed by atoms with Gasteiger partial charge in [-0.05, 0) is 147 Å². The molecule has 1 aromatic rings. The second-order valence-electron chi connectivity index (χ2n) is 24.5. The second-order valence-corrected chi connectivity index (χ2v) is 27.0. The fourth-order valence-electron chi connectivity index (χ4n) is 18.3. The summed E-state index contributed by atoms with van der Waals surface area (Å²) in [5.41, 5.74) is -9.67. The van der Waals surface area contributed by atoms with Gasteiger partial charge in [0.05, 0.1) is 35.2 Å². The number of epoxide rings is 1. The number of benzene rings is 1. The Morgan fingerprint density at radius 3 is 2.44 bits per heavy atom. The molecule has 1 amide bonds. The lowest BCUT2D eigenvalue weighted by Crippen LogP contribution is -2.72. The van der Waals surface area contributed by atoms with Crippen LogP contribution < -0.4 is 4.90 Å². The number of fused-ring (bicyclic) bond motifs is 1. The van der Waals surface area contributed by atoms with Crippen molar-refractivity contribution in [3.05, 3.63) is 47.6 Å². The van der Waals surface area contributed by atoms with Crippen molar-refractivity contribution in [3.8, 4) is 5.75 Å². The van der Waals surface area contributed by atoms with Gasteiger partial charge in [-0.3, -0.25) is 9.59 Å². The van der Waals surface area contributed by atoms with Gasteiger partial charge in [-0.15, -0.1) is 0 Å². The van der Waals surface area contributed by atoms with E-state index in [4.69, 9.17) is 4.74 Å². The van der Waals surface area contributed by atoms with Crippen LogP contribution in [-0.4, -0.2) is 119 Å². The van der Waals surface area contributed by atoms with E-state index in [-0.39, 0.29) is 67.3 Å². The van der Waals surface area contributed by atoms with Crippen molar-refractivity contribution in [3.63, 3.8) is 0 Å². The molecule has 1 aromatic carbocycles. The van der Waals surface area contributed by atoms with Crippen molar-refractivity contribution in [1.29, 1.82) is 0 Å². The van der Waals surface area contributed by atoms with E-state index < -0.39 is 85.7 Å². The predicted molar refractivity (Wildman–Crippen MR) is 260 cm³/mol. The number of nitrogens with zero attached hydrogens (tertiary/aromatic N) is 1. The monoisotopic (exact) mass is 977 g/mol. The molecule has 8 N–H and O–H groups in total. The maximum absolute atomic E-state index is 15.8. The number of rotatable bonds is 5. The summed E-state index contributed by atoms with van der Waals surface area (Å²) in [5.74, 6) is -1.29. The minimum Gasteiger partial charge on any atom is -0.508 e. The Kier molecular flexibility index (Phi) is 11.5. The van der Waals surface area contributed by atoms with E-state index in [1.807, 2.05) is 24.0 Å². The topological polar surface area (TPSA) is 212 Å². The molecule has 0 radical (unpaired) electrons. The lowest BCUT2D eigenvalue weighted by molar-refractivity contribution is -0.235. The molecule has 8 bridgehead atoms. The van der Waals surface area contributed by atoms with Gasteiger partial charge in [0.25, 0.3) is 0 Å². The second kappa shape index (κ2) is 16.3. The van der Waals surface area contributed by atoms with Crippen LogP contribution in [0.5, 0.6) is 5.75 Å². The summed E-state index contributed by atoms with van der Waals surface area (Å²) in [7, 11) is 2.61. The summed E-state index contributed by atoms with van der Waals surface area (Å²) >= 11 is 0. The number of ketones is 1. The standard InChI is InChI=1S/C54H75NO11S2/c1-30(2)31(3)43-44(66-43)52(64)16-8-11-33-21-38-39-23-41(59)51(24-42(60)49(63,29-57)27-47(38,51)4)46(62)68-67-26-35-10-7-9-34(25-56)54(35)45(61)55(28-48(54)14-5-6-15-48)36-19-32(20-37(58)22-36)12-17-50(33)40(52)13-18-53(39,50)65/h8,11,19-20,22-23,30-31,33-35,38,40,42-44,46,56-58,60,62-65H,5-7,9-10,12-18,21,24-29H2,1-4H3/t31-,33-,34-,35+,38+,40+,42-,43+,44-,46-,47-,49-,50-,51+,52-,53-,54-/m1/s1. The lowest BCUT2D eigenvalue weighted by Gasteiger charge is -2.68. The minimum absolute atomic E-state index is 0.0216. The number of amides is 1. The zero-order valence-corrected chi connectivity index (χ0v) is 41.9. The number of hydrogen-bond donors (Lipinski definition) is 8. The van der Waals surface area contributed by atoms with Crippen LogP contribution in [0.15, 0.2) is 42.0 Å². The molecule has 0 unspecified atom stereocenters. The van der Waals surface area contributed by atoms with E-state index in [1.165, 1.54) is 21.6 Å². The lowest BCUT2D eigenvalue weighted by atomic mass is 9.38. The summed E-state index contributed by atoms with van der Waals surface area (Å²) in [4.78, 5) is 33.3. The summed E-state index contributed by atoms with van der Waals surface area (Å²) in [6, 6.07) is 5.46. The molecule has 68 heavy (non-hydrogen) atoms. The molecule has 2 saturated heterocycles. The number of aromatic hydroxyl groups is 1. The molecule has 14 heteroatoms. The van der Waals surface area contributed by atoms with E-state index >= 15 is 9.59 Å². The van der Waals surface area contributed by atoms with Gasteiger partial charge < -0.3 is 50.5 Å². The van der Waals surface area contributed by atoms with Gasteiger partial charge >= 0.3 is 0 Å². The van der Waals surface area contributed by atoms with Crippen LogP contribution in [-0.2, 0) is 20.7 Å². The predicted octanol–water partition coefficient (Wildman–Crippen LogP) is 6.23. The maximum Gasteiger partial charge on any atom is 0.234 e. The highest BCUT2D eigenvalue weighted by atomic mass is 33.1. The molecule has 17 atom stereocenters. The van der Waals surface area contributed by atoms with Crippen molar-refractivity contribution < 1.29 is 55.2 Å². The number of ether oxygens (including phenoxy) is 1. The third-order valence-corrected chi connectivity index (χ3v) is 24.5. The normalized spacial score (nSPS) is 48.6. The zero-order valence-electron chi connectivity index (χ0n) is 40.3. The number of hydrogen-bond acceptors (Lipinski definition) is 13. The molecular weight excluding hydrogens is 903 g/mol. The first kappa shape index (κ1) is 48.3. The van der Waals surface area contributed by atoms with Gasteiger partial charge in [0, 0.05) is 47.4 Å². The number of aryl methyl sites for hydroxylation is 1. The molecule has 5 saturated carbocycles. The fourth-order valence-corrected chi connectivity index (χ4v) is 21.4. The van der Waals surface area contributed by atoms with E-state index in [9.17, 15) is 40.9 Å². The highest BCUT2D eigenvalue weighted by Gasteiger charge is 2.79. The summed E-state index contributed by atoms with van der Waals surface area (Å²) in [6.07, 6.45) is 11.2. The Morgan fingerprint density at radius 2 is 1.72 bits per heavy atom. The number of aliphatic hydroxyl groups is 7. The molecule has 7 aliphatic carbocycles. The number of allylic oxidation sites excluding steroid dienone is 2. The summed E-state index contributed by atoms with van der Waals surface area (Å²) in [5, 5.41) is 98.2. The van der Waals surface area contributed by atoms with Crippen molar-refractivity contribution in [2.24, 2.45) is 68.5 Å². The first-order chi connectivity index (χ1) is 32.3. The largest absolute Gasteiger partial charge is 0.508 e. The molecule has 5 heterocycles. The molecule has 13 rings (SSSR count). The third-order valence-electron chi connectivity index (χ3n) is 21.9. The molecule has 12 aliphatic rings. The molecular formula is C54H75NO11S2. The molecule has 0 aromatic heterocycles. The Balaban J connectivity index is 1.11. The first-order valence-corrected chi connectivity index (χ1v) is 28.4. The Morgan fingerprint density at radius 1 is 0.956 bits per heavy atom. The van der Waals surface area contributed by atoms with Gasteiger partial charge in [0.2, 0.25) is 5.91 Å². The van der Waals surface area contributed by atoms with Gasteiger partial charge in [0.1, 0.15) is 28.5 Å². The number of anilines is 1. The molecule has 7 fully saturated rings. The zero-order chi connectivity index (χ0) is 48.2. The van der Waals surface area contributed by atoms with Crippen LogP contribution in [0.3, 0.4) is 0 Å². The van der Waals surface area contributed by atoms with Crippen LogP contribution in [0.25, 0.3) is 0 Å². The van der Waals surface area contributed by atoms with Crippen LogP contribution >= 0.6 is 21.6 Å². The summed E-state index contributed by atoms with van der Waals surface area (Å²) < 4.78 is 6.50. The Labute approximate surface area is 409 Å². The number of carbonyl (C=O) groups excluding carboxylic acids is 2. The highest BCUT2D eigenvalue weighted by Crippen LogP contribution is 2.77. The number of phenols is 1. The van der Waals surface area contributed by atoms with Crippen molar-refractivity contribution in [1.82, 2.24) is 0 Å². The van der Waals surface area contributed by atoms with Crippen molar-refractivity contribution in [2.45, 2.75) is 165 Å². The average Bonchev–Trinajstić information content (AvgIpc) is 3.81. The highest BCUT2D eigenvalue weighted by molar-refractivity contribution is 8.76. The fraction of sp³-hybridized carbons (Fsp3) is 0.778. The van der Waals surface area contributed by atoms with Gasteiger partial charge in [-0.25, -0.2) is 0 Å². The van der Waals surface area contributed by atoms with E-state index in [0.717, 1.165) is 50.5 Å². The molecule has 5 aliphatic heterocycles. The smallest absolute Gasteiger partial charge is 0.234 e. The molecule has 374 valence electrons. The van der Waals surface area contributed by atoms with Gasteiger partial charge in [-0.1, -0.05) is 80.7 Å². The summed E-state index contributed by atoms with van der Waals surface area (Å²) in [6.45, 7) is 7.98. The average molecular weight is 978 g/mol. The number of phenolic OH excluding ortho intramolecular Hbond substituents is 1. The number of aliphatic hydroxyl groups excluding tert-OH is 4. The van der Waals surface area contributed by atoms with Crippen LogP contribution in [0, 0.1) is 68.5 Å². The third kappa shape index (κ3) is 6.11. The van der Waals surface area contributed by atoms with E-state index in [1.54, 1.807) is 18.2 Å². The van der Waals surface area contributed by atoms with Crippen molar-refractivity contribution >= 4 is 39.0 Å². The van der Waals surface area contributed by atoms with Crippen LogP contribution in [0.2, 0.25) is 0 Å². The number of carbonyl (C=O) groups is 2. The molecule has 12 nitrogen and oxygen atoms in total. The maximum atomic E-state index is 15.8. The van der Waals surface area contributed by atoms with E-state index in [2.05, 4.69) is 26.8 Å². The van der Waals surface area contributed by atoms with Gasteiger partial charge in [-0.2, -0.15) is 0 Å². The van der Waals surface area contributed by atoms with Gasteiger partial charge in [0.15, 0.2) is 5.78 Å². The van der Waals surface area contributed by atoms with Crippen molar-refractivity contribution in [2.75, 3.05) is 30.4 Å². The van der Waals surface area contributed by atoms with Crippen LogP contribution in [0.1, 0.15) is 123 Å². The quantitative estimate of drug-likeness (QED) is 0.0936.